The molecule has 0 spiro atoms. The summed E-state index contributed by atoms with van der Waals surface area (Å²) in [5, 5.41) is 10.9. The van der Waals surface area contributed by atoms with Crippen molar-refractivity contribution in [3.63, 3.8) is 0 Å². The molecule has 98 heavy (non-hydrogen) atoms. The number of phosphoric ester groups is 4. The maximum atomic E-state index is 14.2. The third-order valence-corrected chi connectivity index (χ3v) is 20.2. The van der Waals surface area contributed by atoms with Crippen molar-refractivity contribution in [1.82, 2.24) is 77.7 Å². The van der Waals surface area contributed by atoms with Crippen molar-refractivity contribution in [3.05, 3.63) is 97.3 Å². The smallest absolute Gasteiger partial charge is 0.390 e. The van der Waals surface area contributed by atoms with Crippen molar-refractivity contribution in [2.75, 3.05) is 56.0 Å². The van der Waals surface area contributed by atoms with E-state index in [1.807, 2.05) is 0 Å². The SMILES string of the molecule is Cc1cn([C@H]2C[C@H](OP(=O)(O)OC[C@H]3O[C@@H](n4cnc5c(N)ncnc54)C[C@@H]3O)[C@@H](COP(=O)(O)O[C@H]3C[C@H](n4cnc5c(=O)[nH]c(N)nc54)O[C@@H]3COP(=O)(O)O[C@H]3C[C@H](n4cnc5c(N)ncnc54)O[C@@H]3COP(=O)(O)O[C@@H]3CO[C@@H](n4ccc(N)nc4=O)C3)O2)c(=O)[nH]c1=O. The van der Waals surface area contributed by atoms with Crippen LogP contribution < -0.4 is 45.4 Å². The second kappa shape index (κ2) is 27.2. The van der Waals surface area contributed by atoms with E-state index in [-0.39, 0.29) is 88.3 Å². The molecule has 13 rings (SSSR count). The zero-order chi connectivity index (χ0) is 69.3. The Morgan fingerprint density at radius 1 is 0.531 bits per heavy atom. The number of aliphatic hydroxyl groups is 1. The zero-order valence-corrected chi connectivity index (χ0v) is 54.0. The number of aromatic amines is 2. The molecule has 5 aliphatic rings. The fourth-order valence-electron chi connectivity index (χ4n) is 11.5. The van der Waals surface area contributed by atoms with Gasteiger partial charge in [-0.05, 0) is 13.0 Å². The molecule has 0 bridgehead atoms. The highest BCUT2D eigenvalue weighted by atomic mass is 31.2. The minimum absolute atomic E-state index is 0.00981. The number of H-pyrrole nitrogens is 2. The van der Waals surface area contributed by atoms with E-state index in [2.05, 4.69) is 54.8 Å². The lowest BCUT2D eigenvalue weighted by atomic mass is 10.2. The number of imidazole rings is 3. The van der Waals surface area contributed by atoms with Crippen molar-refractivity contribution in [1.29, 1.82) is 0 Å². The van der Waals surface area contributed by atoms with Gasteiger partial charge in [-0.15, -0.1) is 0 Å². The molecular weight excluding hydrogens is 1400 g/mol. The van der Waals surface area contributed by atoms with E-state index in [1.165, 1.54) is 51.9 Å². The molecule has 528 valence electrons. The molecule has 0 aromatic carbocycles. The largest absolute Gasteiger partial charge is 0.472 e. The number of nitrogens with two attached hydrogens (primary N) is 4. The first kappa shape index (κ1) is 68.9. The third-order valence-electron chi connectivity index (χ3n) is 16.2. The molecule has 50 heteroatoms. The van der Waals surface area contributed by atoms with E-state index >= 15 is 0 Å². The molecule has 0 amide bonds. The Bertz CT molecular complexity index is 4780. The number of aryl methyl sites for hydroxylation is 1. The fourth-order valence-corrected chi connectivity index (χ4v) is 15.3. The van der Waals surface area contributed by atoms with E-state index in [0.717, 1.165) is 28.0 Å². The van der Waals surface area contributed by atoms with Crippen LogP contribution in [0.2, 0.25) is 0 Å². The van der Waals surface area contributed by atoms with Crippen molar-refractivity contribution in [2.45, 2.75) is 125 Å². The van der Waals surface area contributed by atoms with Gasteiger partial charge in [0.25, 0.3) is 11.1 Å². The van der Waals surface area contributed by atoms with E-state index in [4.69, 9.17) is 82.8 Å². The Labute approximate surface area is 545 Å². The van der Waals surface area contributed by atoms with Crippen molar-refractivity contribution >= 4 is 88.2 Å². The lowest BCUT2D eigenvalue weighted by Crippen LogP contribution is -2.33. The summed E-state index contributed by atoms with van der Waals surface area (Å²) in [7, 11) is -21.3. The van der Waals surface area contributed by atoms with E-state index < -0.39 is 179 Å². The molecule has 5 fully saturated rings. The Kier molecular flexibility index (Phi) is 19.1. The Morgan fingerprint density at radius 3 is 1.51 bits per heavy atom. The number of rotatable bonds is 25. The average molecular weight is 1460 g/mol. The van der Waals surface area contributed by atoms with Gasteiger partial charge in [0, 0.05) is 50.1 Å². The summed E-state index contributed by atoms with van der Waals surface area (Å²) in [5.41, 5.74) is 20.7. The van der Waals surface area contributed by atoms with E-state index in [0.29, 0.717) is 0 Å². The molecule has 0 radical (unpaired) electrons. The summed E-state index contributed by atoms with van der Waals surface area (Å²) >= 11 is 0. The predicted octanol–water partition coefficient (Wildman–Crippen LogP) is -1.32. The molecule has 4 unspecified atom stereocenters. The molecule has 8 aromatic rings. The van der Waals surface area contributed by atoms with Crippen LogP contribution >= 0.6 is 31.3 Å². The number of nitrogens with zero attached hydrogens (tertiary/aromatic N) is 14. The summed E-state index contributed by atoms with van der Waals surface area (Å²) in [5.74, 6) is -0.319. The number of nitrogens with one attached hydrogen (secondary N) is 2. The number of phosphoric acid groups is 4. The molecule has 0 aliphatic carbocycles. The van der Waals surface area contributed by atoms with Gasteiger partial charge in [0.1, 0.15) is 103 Å². The maximum absolute atomic E-state index is 14.2. The fraction of sp³-hybridized carbons (Fsp3) is 0.521. The highest BCUT2D eigenvalue weighted by Crippen LogP contribution is 2.55. The number of anilines is 4. The average Bonchev–Trinajstić information content (AvgIpc) is 1.65. The molecule has 5 aliphatic heterocycles. The van der Waals surface area contributed by atoms with Crippen LogP contribution in [0.5, 0.6) is 0 Å². The van der Waals surface area contributed by atoms with Crippen LogP contribution in [0.1, 0.15) is 68.8 Å². The molecule has 46 nitrogen and oxygen atoms in total. The molecule has 13 heterocycles. The van der Waals surface area contributed by atoms with Gasteiger partial charge < -0.3 is 71.3 Å². The van der Waals surface area contributed by atoms with Crippen LogP contribution in [-0.2, 0) is 78.1 Å². The van der Waals surface area contributed by atoms with Gasteiger partial charge in [0.05, 0.1) is 64.2 Å². The van der Waals surface area contributed by atoms with Crippen molar-refractivity contribution < 1.29 is 103 Å². The third kappa shape index (κ3) is 14.8. The first-order valence-corrected chi connectivity index (χ1v) is 35.3. The van der Waals surface area contributed by atoms with Crippen LogP contribution in [0.15, 0.2) is 69.3 Å². The predicted molar refractivity (Wildman–Crippen MR) is 323 cm³/mol. The van der Waals surface area contributed by atoms with Crippen LogP contribution in [0.4, 0.5) is 23.4 Å². The van der Waals surface area contributed by atoms with Gasteiger partial charge in [-0.1, -0.05) is 0 Å². The van der Waals surface area contributed by atoms with Gasteiger partial charge in [0.2, 0.25) is 5.95 Å². The van der Waals surface area contributed by atoms with Crippen LogP contribution in [0.25, 0.3) is 33.5 Å². The highest BCUT2D eigenvalue weighted by Gasteiger charge is 2.49. The number of fused-ring (bicyclic) bond motifs is 3. The monoisotopic (exact) mass is 1460 g/mol. The standard InChI is InChI=1S/C48H60N20O26P4/c1-20-9-65(48(73)63-44(20)70)33-6-23(92-96(76,77)83-11-26-22(69)5-32(87-26)66-17-57-36-39(50)53-15-55-41(36)66)27(88-33)13-85-97(78,79)94-25-8-35(68-19-59-38-43(68)61-46(52)62-45(38)71)90-29(25)14-86-98(80,81)93-24-7-34(67-18-58-37-40(51)54-16-56-42(37)67)89-28(24)12-84-95(74,75)91-21-4-31(82-10-21)64-3-2-30(49)60-47(64)72/h2-3,9,15-19,21-29,31-35,69H,4-8,10-14H2,1H3,(H,74,75)(H,76,77)(H,78,79)(H,80,81)(H2,49,60,72)(H2,50,53,55)(H2,51,54,56)(H,63,70,73)(H3,52,61,62,71)/t21-,22-,23-,24-,25-,26+,27+,28+,29+,31+,32+,33+,34+,35+/m0/s1. The van der Waals surface area contributed by atoms with Crippen LogP contribution in [-0.4, -0.2) is 190 Å². The number of nitrogen functional groups attached to an aromatic ring is 4. The molecule has 15 N–H and O–H groups in total. The van der Waals surface area contributed by atoms with Crippen molar-refractivity contribution in [3.8, 4) is 0 Å². The lowest BCUT2D eigenvalue weighted by Gasteiger charge is -2.25. The first-order valence-electron chi connectivity index (χ1n) is 29.3. The first-order chi connectivity index (χ1) is 46.5. The van der Waals surface area contributed by atoms with Gasteiger partial charge in [-0.25, -0.2) is 62.7 Å². The van der Waals surface area contributed by atoms with E-state index in [9.17, 15) is 62.1 Å². The van der Waals surface area contributed by atoms with Crippen LogP contribution in [0, 0.1) is 6.92 Å². The minimum atomic E-state index is -5.50. The van der Waals surface area contributed by atoms with Gasteiger partial charge in [-0.3, -0.25) is 78.6 Å². The quantitative estimate of drug-likeness (QED) is 0.0296. The molecule has 0 saturated carbocycles. The van der Waals surface area contributed by atoms with E-state index in [1.54, 1.807) is 0 Å². The summed E-state index contributed by atoms with van der Waals surface area (Å²) in [6, 6.07) is 1.35. The Morgan fingerprint density at radius 2 is 0.990 bits per heavy atom. The van der Waals surface area contributed by atoms with Crippen molar-refractivity contribution in [2.24, 2.45) is 0 Å². The number of ether oxygens (including phenoxy) is 5. The number of aliphatic hydroxyl groups excluding tert-OH is 1. The molecule has 5 saturated heterocycles. The van der Waals surface area contributed by atoms with Gasteiger partial charge >= 0.3 is 42.7 Å². The minimum Gasteiger partial charge on any atom is -0.390 e. The van der Waals surface area contributed by atoms with Crippen LogP contribution in [0.3, 0.4) is 0 Å². The number of hydrogen-bond acceptors (Lipinski definition) is 35. The van der Waals surface area contributed by atoms with Gasteiger partial charge in [0.15, 0.2) is 34.1 Å². The second-order valence-electron chi connectivity index (χ2n) is 22.7. The van der Waals surface area contributed by atoms with Gasteiger partial charge in [-0.2, -0.15) is 9.97 Å². The number of aromatic nitrogens is 16. The molecule has 18 atom stereocenters. The Balaban J connectivity index is 0.701. The zero-order valence-electron chi connectivity index (χ0n) is 50.4. The number of hydrogen-bond donors (Lipinski definition) is 11. The molecule has 8 aromatic heterocycles. The Hall–Kier alpha value is -7.59. The summed E-state index contributed by atoms with van der Waals surface area (Å²) in [6.45, 7) is -2.53. The summed E-state index contributed by atoms with van der Waals surface area (Å²) in [4.78, 5) is 137. The molecular formula is C48H60N20O26P4. The topological polar surface area (TPSA) is 634 Å². The normalized spacial score (nSPS) is 29.2. The summed E-state index contributed by atoms with van der Waals surface area (Å²) < 4.78 is 136. The maximum Gasteiger partial charge on any atom is 0.472 e. The lowest BCUT2D eigenvalue weighted by molar-refractivity contribution is -0.0629. The highest BCUT2D eigenvalue weighted by molar-refractivity contribution is 7.48. The summed E-state index contributed by atoms with van der Waals surface area (Å²) in [6.07, 6.45) is -11.9. The second-order valence-corrected chi connectivity index (χ2v) is 28.4.